The number of Topliss-reactive ketones (excluding diaryl/α,β-unsaturated/α-hetero) is 1. The molecule has 4 nitrogen and oxygen atoms in total. The van der Waals surface area contributed by atoms with Gasteiger partial charge in [-0.05, 0) is 60.7 Å². The van der Waals surface area contributed by atoms with Gasteiger partial charge in [-0.3, -0.25) is 14.5 Å². The number of rotatable bonds is 4. The molecular formula is C28H26BrNO3. The van der Waals surface area contributed by atoms with Gasteiger partial charge in [-0.25, -0.2) is 0 Å². The molecule has 1 fully saturated rings. The van der Waals surface area contributed by atoms with Crippen LogP contribution in [-0.2, 0) is 9.59 Å². The van der Waals surface area contributed by atoms with E-state index in [0.717, 1.165) is 26.7 Å². The fraction of sp³-hybridized carbons (Fsp3) is 0.214. The number of carbonyl (C=O) groups is 2. The fourth-order valence-corrected chi connectivity index (χ4v) is 4.47. The van der Waals surface area contributed by atoms with Gasteiger partial charge in [-0.2, -0.15) is 0 Å². The Kier molecular flexibility index (Phi) is 6.26. The number of nitrogens with zero attached hydrogens (tertiary/aromatic N) is 1. The molecule has 1 heterocycles. The van der Waals surface area contributed by atoms with Crippen LogP contribution in [0.3, 0.4) is 0 Å². The standard InChI is InChI=1S/C28H26BrNO3/c1-16(2)19-8-11-22(12-9-19)30-25(20-7-5-6-17(3)14-20)24(27(32)28(30)33)26(31)21-10-13-23(29)18(4)15-21/h5-16,25,31H,1-4H3/b26-24-. The molecule has 0 bridgehead atoms. The number of ketones is 1. The summed E-state index contributed by atoms with van der Waals surface area (Å²) in [7, 11) is 0. The van der Waals surface area contributed by atoms with E-state index in [4.69, 9.17) is 0 Å². The van der Waals surface area contributed by atoms with E-state index in [0.29, 0.717) is 17.2 Å². The highest BCUT2D eigenvalue weighted by molar-refractivity contribution is 9.10. The van der Waals surface area contributed by atoms with Crippen molar-refractivity contribution in [1.82, 2.24) is 0 Å². The summed E-state index contributed by atoms with van der Waals surface area (Å²) in [5.41, 5.74) is 5.07. The fourth-order valence-electron chi connectivity index (χ4n) is 4.22. The lowest BCUT2D eigenvalue weighted by Crippen LogP contribution is -2.29. The molecule has 1 aliphatic rings. The lowest BCUT2D eigenvalue weighted by molar-refractivity contribution is -0.132. The summed E-state index contributed by atoms with van der Waals surface area (Å²) in [4.78, 5) is 28.1. The smallest absolute Gasteiger partial charge is 0.300 e. The van der Waals surface area contributed by atoms with Crippen LogP contribution in [0.15, 0.2) is 76.8 Å². The van der Waals surface area contributed by atoms with Crippen LogP contribution in [-0.4, -0.2) is 16.8 Å². The lowest BCUT2D eigenvalue weighted by atomic mass is 9.93. The molecule has 168 valence electrons. The maximum Gasteiger partial charge on any atom is 0.300 e. The molecule has 5 heteroatoms. The summed E-state index contributed by atoms with van der Waals surface area (Å²) < 4.78 is 0.903. The zero-order valence-corrected chi connectivity index (χ0v) is 20.7. The summed E-state index contributed by atoms with van der Waals surface area (Å²) in [6.45, 7) is 8.08. The van der Waals surface area contributed by atoms with Gasteiger partial charge in [0.2, 0.25) is 0 Å². The second-order valence-electron chi connectivity index (χ2n) is 8.79. The topological polar surface area (TPSA) is 57.6 Å². The Bertz CT molecular complexity index is 1270. The molecule has 1 N–H and O–H groups in total. The maximum absolute atomic E-state index is 13.3. The van der Waals surface area contributed by atoms with E-state index in [2.05, 4.69) is 29.8 Å². The normalized spacial score (nSPS) is 17.8. The van der Waals surface area contributed by atoms with Crippen molar-refractivity contribution >= 4 is 39.1 Å². The molecule has 3 aromatic carbocycles. The Morgan fingerprint density at radius 3 is 2.27 bits per heavy atom. The van der Waals surface area contributed by atoms with Crippen LogP contribution in [0.5, 0.6) is 0 Å². The number of anilines is 1. The third-order valence-electron chi connectivity index (χ3n) is 6.07. The highest BCUT2D eigenvalue weighted by Crippen LogP contribution is 2.42. The number of halogens is 1. The number of carbonyl (C=O) groups excluding carboxylic acids is 2. The Hall–Kier alpha value is -3.18. The first kappa shape index (κ1) is 23.0. The minimum Gasteiger partial charge on any atom is -0.507 e. The van der Waals surface area contributed by atoms with Crippen LogP contribution < -0.4 is 4.90 Å². The molecule has 0 aliphatic carbocycles. The highest BCUT2D eigenvalue weighted by Gasteiger charge is 2.47. The van der Waals surface area contributed by atoms with Gasteiger partial charge in [-0.15, -0.1) is 0 Å². The van der Waals surface area contributed by atoms with E-state index < -0.39 is 17.7 Å². The van der Waals surface area contributed by atoms with E-state index >= 15 is 0 Å². The van der Waals surface area contributed by atoms with Crippen LogP contribution in [0.2, 0.25) is 0 Å². The number of aliphatic hydroxyl groups excluding tert-OH is 1. The van der Waals surface area contributed by atoms with Crippen molar-refractivity contribution in [2.75, 3.05) is 4.90 Å². The Labute approximate surface area is 202 Å². The van der Waals surface area contributed by atoms with E-state index in [-0.39, 0.29) is 11.3 Å². The molecule has 0 radical (unpaired) electrons. The van der Waals surface area contributed by atoms with Crippen LogP contribution in [0.25, 0.3) is 5.76 Å². The quantitative estimate of drug-likeness (QED) is 0.241. The minimum absolute atomic E-state index is 0.0975. The second-order valence-corrected chi connectivity index (χ2v) is 9.65. The third-order valence-corrected chi connectivity index (χ3v) is 6.96. The van der Waals surface area contributed by atoms with Crippen molar-refractivity contribution in [3.8, 4) is 0 Å². The van der Waals surface area contributed by atoms with Crippen molar-refractivity contribution < 1.29 is 14.7 Å². The van der Waals surface area contributed by atoms with Gasteiger partial charge in [-0.1, -0.05) is 77.8 Å². The largest absolute Gasteiger partial charge is 0.507 e. The molecule has 1 amide bonds. The Morgan fingerprint density at radius 1 is 0.970 bits per heavy atom. The summed E-state index contributed by atoms with van der Waals surface area (Å²) >= 11 is 3.47. The van der Waals surface area contributed by atoms with Crippen LogP contribution in [0, 0.1) is 13.8 Å². The molecule has 1 unspecified atom stereocenters. The molecule has 0 aromatic heterocycles. The number of benzene rings is 3. The number of hydrogen-bond acceptors (Lipinski definition) is 3. The third kappa shape index (κ3) is 4.25. The van der Waals surface area contributed by atoms with Crippen molar-refractivity contribution in [3.05, 3.63) is 105 Å². The molecular weight excluding hydrogens is 478 g/mol. The number of aliphatic hydroxyl groups is 1. The van der Waals surface area contributed by atoms with Crippen molar-refractivity contribution in [2.45, 2.75) is 39.7 Å². The van der Waals surface area contributed by atoms with Crippen molar-refractivity contribution in [3.63, 3.8) is 0 Å². The van der Waals surface area contributed by atoms with Gasteiger partial charge in [0.25, 0.3) is 11.7 Å². The molecule has 1 aliphatic heterocycles. The average molecular weight is 504 g/mol. The maximum atomic E-state index is 13.3. The van der Waals surface area contributed by atoms with Crippen LogP contribution in [0.1, 0.15) is 53.6 Å². The van der Waals surface area contributed by atoms with Crippen LogP contribution >= 0.6 is 15.9 Å². The number of hydrogen-bond donors (Lipinski definition) is 1. The number of amides is 1. The van der Waals surface area contributed by atoms with E-state index in [1.165, 1.54) is 4.90 Å². The molecule has 1 atom stereocenters. The number of aryl methyl sites for hydroxylation is 2. The predicted octanol–water partition coefficient (Wildman–Crippen LogP) is 6.82. The summed E-state index contributed by atoms with van der Waals surface area (Å²) in [6, 6.07) is 20.0. The van der Waals surface area contributed by atoms with Crippen molar-refractivity contribution in [1.29, 1.82) is 0 Å². The lowest BCUT2D eigenvalue weighted by Gasteiger charge is -2.26. The second kappa shape index (κ2) is 8.99. The average Bonchev–Trinajstić information content (AvgIpc) is 3.06. The molecule has 3 aromatic rings. The first-order valence-corrected chi connectivity index (χ1v) is 11.7. The van der Waals surface area contributed by atoms with Gasteiger partial charge in [0.1, 0.15) is 5.76 Å². The monoisotopic (exact) mass is 503 g/mol. The summed E-state index contributed by atoms with van der Waals surface area (Å²) in [6.07, 6.45) is 0. The Morgan fingerprint density at radius 2 is 1.67 bits per heavy atom. The SMILES string of the molecule is Cc1cccc(C2/C(=C(/O)c3ccc(Br)c(C)c3)C(=O)C(=O)N2c2ccc(C(C)C)cc2)c1. The summed E-state index contributed by atoms with van der Waals surface area (Å²) in [5.74, 6) is -1.15. The van der Waals surface area contributed by atoms with Gasteiger partial charge in [0, 0.05) is 15.7 Å². The highest BCUT2D eigenvalue weighted by atomic mass is 79.9. The molecule has 33 heavy (non-hydrogen) atoms. The summed E-state index contributed by atoms with van der Waals surface area (Å²) in [5, 5.41) is 11.3. The zero-order chi connectivity index (χ0) is 23.9. The van der Waals surface area contributed by atoms with Gasteiger partial charge < -0.3 is 5.11 Å². The van der Waals surface area contributed by atoms with Crippen molar-refractivity contribution in [2.24, 2.45) is 0 Å². The van der Waals surface area contributed by atoms with E-state index in [9.17, 15) is 14.7 Å². The molecule has 4 rings (SSSR count). The van der Waals surface area contributed by atoms with Gasteiger partial charge in [0.15, 0.2) is 0 Å². The van der Waals surface area contributed by atoms with Crippen LogP contribution in [0.4, 0.5) is 5.69 Å². The molecule has 0 saturated carbocycles. The first-order chi connectivity index (χ1) is 15.7. The minimum atomic E-state index is -0.723. The molecule has 1 saturated heterocycles. The predicted molar refractivity (Wildman–Crippen MR) is 135 cm³/mol. The Balaban J connectivity index is 1.93. The molecule has 0 spiro atoms. The first-order valence-electron chi connectivity index (χ1n) is 10.9. The van der Waals surface area contributed by atoms with E-state index in [1.807, 2.05) is 68.4 Å². The van der Waals surface area contributed by atoms with E-state index in [1.54, 1.807) is 12.1 Å². The van der Waals surface area contributed by atoms with Gasteiger partial charge >= 0.3 is 0 Å². The van der Waals surface area contributed by atoms with Gasteiger partial charge in [0.05, 0.1) is 11.6 Å². The zero-order valence-electron chi connectivity index (χ0n) is 19.1.